The first kappa shape index (κ1) is 13.5. The largest absolute Gasteiger partial charge is 0.294 e. The van der Waals surface area contributed by atoms with Crippen molar-refractivity contribution in [3.8, 4) is 0 Å². The molecule has 0 atom stereocenters. The molecule has 4 heteroatoms. The van der Waals surface area contributed by atoms with Crippen molar-refractivity contribution in [3.63, 3.8) is 0 Å². The summed E-state index contributed by atoms with van der Waals surface area (Å²) in [4.78, 5) is 13.2. The van der Waals surface area contributed by atoms with Gasteiger partial charge in [-0.3, -0.25) is 4.79 Å². The fraction of sp³-hybridized carbons (Fsp3) is 0.0714. The molecular formula is C14H10Cl2OS. The number of ketones is 1. The van der Waals surface area contributed by atoms with E-state index in [9.17, 15) is 4.79 Å². The van der Waals surface area contributed by atoms with Gasteiger partial charge in [0.1, 0.15) is 0 Å². The number of carbonyl (C=O) groups excluding carboxylic acids is 1. The average molecular weight is 297 g/mol. The van der Waals surface area contributed by atoms with Crippen LogP contribution in [-0.4, -0.2) is 5.78 Å². The number of Topliss-reactive ketones (excluding diaryl/α,β-unsaturated/α-hetero) is 1. The Morgan fingerprint density at radius 1 is 1.06 bits per heavy atom. The van der Waals surface area contributed by atoms with E-state index < -0.39 is 0 Å². The van der Waals surface area contributed by atoms with E-state index in [2.05, 4.69) is 0 Å². The number of carbonyl (C=O) groups is 1. The molecule has 0 aliphatic carbocycles. The zero-order chi connectivity index (χ0) is 13.1. The molecule has 0 aliphatic heterocycles. The standard InChI is InChI=1S/C14H10Cl2OS/c1-9(17)11-7-6-10(8-13(11)16)18-14-5-3-2-4-12(14)15/h2-8H,1H3. The van der Waals surface area contributed by atoms with Crippen LogP contribution in [0.4, 0.5) is 0 Å². The molecule has 0 spiro atoms. The number of hydrogen-bond acceptors (Lipinski definition) is 2. The molecule has 92 valence electrons. The van der Waals surface area contributed by atoms with Gasteiger partial charge >= 0.3 is 0 Å². The zero-order valence-electron chi connectivity index (χ0n) is 9.61. The molecule has 0 aromatic heterocycles. The molecule has 0 bridgehead atoms. The van der Waals surface area contributed by atoms with Gasteiger partial charge in [0, 0.05) is 15.4 Å². The van der Waals surface area contributed by atoms with E-state index in [1.165, 1.54) is 18.7 Å². The van der Waals surface area contributed by atoms with Crippen molar-refractivity contribution in [1.29, 1.82) is 0 Å². The molecule has 0 fully saturated rings. The lowest BCUT2D eigenvalue weighted by molar-refractivity contribution is 0.101. The Bertz CT molecular complexity index is 596. The summed E-state index contributed by atoms with van der Waals surface area (Å²) >= 11 is 13.7. The van der Waals surface area contributed by atoms with E-state index >= 15 is 0 Å². The van der Waals surface area contributed by atoms with Gasteiger partial charge in [0.2, 0.25) is 0 Å². The van der Waals surface area contributed by atoms with Gasteiger partial charge in [-0.1, -0.05) is 47.1 Å². The van der Waals surface area contributed by atoms with Gasteiger partial charge in [-0.15, -0.1) is 0 Å². The average Bonchev–Trinajstić information content (AvgIpc) is 2.32. The number of hydrogen-bond donors (Lipinski definition) is 0. The Kier molecular flexibility index (Phi) is 4.33. The summed E-state index contributed by atoms with van der Waals surface area (Å²) in [7, 11) is 0. The second-order valence-electron chi connectivity index (χ2n) is 3.73. The van der Waals surface area contributed by atoms with E-state index in [1.54, 1.807) is 12.1 Å². The summed E-state index contributed by atoms with van der Waals surface area (Å²) in [5.74, 6) is -0.0331. The van der Waals surface area contributed by atoms with E-state index in [0.717, 1.165) is 9.79 Å². The van der Waals surface area contributed by atoms with Crippen molar-refractivity contribution < 1.29 is 4.79 Å². The SMILES string of the molecule is CC(=O)c1ccc(Sc2ccccc2Cl)cc1Cl. The highest BCUT2D eigenvalue weighted by Crippen LogP contribution is 2.34. The predicted molar refractivity (Wildman–Crippen MR) is 77.0 cm³/mol. The van der Waals surface area contributed by atoms with Crippen LogP contribution in [0.15, 0.2) is 52.3 Å². The monoisotopic (exact) mass is 296 g/mol. The summed E-state index contributed by atoms with van der Waals surface area (Å²) in [5, 5.41) is 1.17. The van der Waals surface area contributed by atoms with Crippen LogP contribution in [0, 0.1) is 0 Å². The van der Waals surface area contributed by atoms with Gasteiger partial charge < -0.3 is 0 Å². The highest BCUT2D eigenvalue weighted by molar-refractivity contribution is 7.99. The second-order valence-corrected chi connectivity index (χ2v) is 5.66. The maximum Gasteiger partial charge on any atom is 0.161 e. The van der Waals surface area contributed by atoms with Crippen LogP contribution >= 0.6 is 35.0 Å². The first-order valence-corrected chi connectivity index (χ1v) is 6.88. The van der Waals surface area contributed by atoms with Crippen LogP contribution in [-0.2, 0) is 0 Å². The van der Waals surface area contributed by atoms with E-state index in [-0.39, 0.29) is 5.78 Å². The fourth-order valence-corrected chi connectivity index (χ4v) is 3.01. The minimum Gasteiger partial charge on any atom is -0.294 e. The molecule has 0 N–H and O–H groups in total. The van der Waals surface area contributed by atoms with E-state index in [0.29, 0.717) is 15.6 Å². The molecule has 0 amide bonds. The summed E-state index contributed by atoms with van der Waals surface area (Å²) in [5.41, 5.74) is 0.542. The predicted octanol–water partition coefficient (Wildman–Crippen LogP) is 5.35. The molecule has 0 saturated carbocycles. The molecule has 2 aromatic rings. The molecule has 0 unspecified atom stereocenters. The maximum absolute atomic E-state index is 11.3. The van der Waals surface area contributed by atoms with Crippen LogP contribution in [0.1, 0.15) is 17.3 Å². The highest BCUT2D eigenvalue weighted by Gasteiger charge is 2.08. The zero-order valence-corrected chi connectivity index (χ0v) is 11.9. The van der Waals surface area contributed by atoms with Crippen LogP contribution in [0.5, 0.6) is 0 Å². The lowest BCUT2D eigenvalue weighted by Gasteiger charge is -2.06. The Labute approximate surface area is 120 Å². The molecule has 2 aromatic carbocycles. The molecule has 0 heterocycles. The van der Waals surface area contributed by atoms with Gasteiger partial charge in [0.25, 0.3) is 0 Å². The minimum atomic E-state index is -0.0331. The smallest absolute Gasteiger partial charge is 0.161 e. The Balaban J connectivity index is 2.29. The highest BCUT2D eigenvalue weighted by atomic mass is 35.5. The molecule has 18 heavy (non-hydrogen) atoms. The molecule has 0 aliphatic rings. The van der Waals surface area contributed by atoms with Crippen LogP contribution in [0.25, 0.3) is 0 Å². The fourth-order valence-electron chi connectivity index (χ4n) is 1.50. The Morgan fingerprint density at radius 3 is 2.39 bits per heavy atom. The minimum absolute atomic E-state index is 0.0331. The van der Waals surface area contributed by atoms with Crippen LogP contribution in [0.2, 0.25) is 10.0 Å². The second kappa shape index (κ2) is 5.79. The van der Waals surface area contributed by atoms with Crippen molar-refractivity contribution in [2.45, 2.75) is 16.7 Å². The summed E-state index contributed by atoms with van der Waals surface area (Å²) in [6.07, 6.45) is 0. The number of halogens is 2. The summed E-state index contributed by atoms with van der Waals surface area (Å²) in [6.45, 7) is 1.50. The molecular weight excluding hydrogens is 287 g/mol. The van der Waals surface area contributed by atoms with E-state index in [4.69, 9.17) is 23.2 Å². The van der Waals surface area contributed by atoms with Crippen LogP contribution < -0.4 is 0 Å². The quantitative estimate of drug-likeness (QED) is 0.711. The third-order valence-electron chi connectivity index (χ3n) is 2.38. The van der Waals surface area contributed by atoms with Crippen molar-refractivity contribution in [2.24, 2.45) is 0 Å². The Hall–Kier alpha value is -0.960. The van der Waals surface area contributed by atoms with Gasteiger partial charge in [-0.25, -0.2) is 0 Å². The first-order valence-electron chi connectivity index (χ1n) is 5.31. The van der Waals surface area contributed by atoms with Crippen molar-refractivity contribution in [3.05, 3.63) is 58.1 Å². The third kappa shape index (κ3) is 3.08. The van der Waals surface area contributed by atoms with Crippen LogP contribution in [0.3, 0.4) is 0 Å². The normalized spacial score (nSPS) is 10.4. The topological polar surface area (TPSA) is 17.1 Å². The van der Waals surface area contributed by atoms with Crippen molar-refractivity contribution in [1.82, 2.24) is 0 Å². The third-order valence-corrected chi connectivity index (χ3v) is 4.20. The number of benzene rings is 2. The summed E-state index contributed by atoms with van der Waals surface area (Å²) < 4.78 is 0. The van der Waals surface area contributed by atoms with Gasteiger partial charge in [-0.05, 0) is 37.3 Å². The van der Waals surface area contributed by atoms with Gasteiger partial charge in [0.05, 0.1) is 10.0 Å². The lowest BCUT2D eigenvalue weighted by Crippen LogP contribution is -1.92. The molecule has 0 radical (unpaired) electrons. The molecule has 2 rings (SSSR count). The Morgan fingerprint density at radius 2 is 1.78 bits per heavy atom. The van der Waals surface area contributed by atoms with Crippen molar-refractivity contribution in [2.75, 3.05) is 0 Å². The molecule has 0 saturated heterocycles. The van der Waals surface area contributed by atoms with Gasteiger partial charge in [0.15, 0.2) is 5.78 Å². The molecule has 1 nitrogen and oxygen atoms in total. The van der Waals surface area contributed by atoms with Gasteiger partial charge in [-0.2, -0.15) is 0 Å². The van der Waals surface area contributed by atoms with E-state index in [1.807, 2.05) is 30.3 Å². The lowest BCUT2D eigenvalue weighted by atomic mass is 10.1. The maximum atomic E-state index is 11.3. The number of rotatable bonds is 3. The first-order chi connectivity index (χ1) is 8.58. The summed E-state index contributed by atoms with van der Waals surface area (Å²) in [6, 6.07) is 13.0. The van der Waals surface area contributed by atoms with Crippen molar-refractivity contribution >= 4 is 40.7 Å².